The number of anilines is 1. The molecule has 0 fully saturated rings. The number of ether oxygens (including phenoxy) is 1. The van der Waals surface area contributed by atoms with E-state index in [1.165, 1.54) is 12.1 Å². The summed E-state index contributed by atoms with van der Waals surface area (Å²) in [6.07, 6.45) is 1.000. The van der Waals surface area contributed by atoms with Crippen molar-refractivity contribution in [3.05, 3.63) is 54.1 Å². The van der Waals surface area contributed by atoms with Gasteiger partial charge in [-0.2, -0.15) is 0 Å². The van der Waals surface area contributed by atoms with Crippen LogP contribution < -0.4 is 15.2 Å². The molecule has 0 aromatic heterocycles. The van der Waals surface area contributed by atoms with Crippen LogP contribution in [0.2, 0.25) is 0 Å². The smallest absolute Gasteiger partial charge is 0.261 e. The van der Waals surface area contributed by atoms with Crippen molar-refractivity contribution >= 4 is 21.6 Å². The first-order chi connectivity index (χ1) is 11.4. The summed E-state index contributed by atoms with van der Waals surface area (Å²) in [6.45, 7) is 2.58. The van der Waals surface area contributed by atoms with Crippen molar-refractivity contribution in [1.82, 2.24) is 0 Å². The third-order valence-electron chi connectivity index (χ3n) is 3.19. The van der Waals surface area contributed by atoms with Gasteiger partial charge in [-0.05, 0) is 48.4 Å². The van der Waals surface area contributed by atoms with Gasteiger partial charge in [0.15, 0.2) is 0 Å². The summed E-state index contributed by atoms with van der Waals surface area (Å²) in [5.74, 6) is 0.195. The molecular weight excluding hydrogens is 328 g/mol. The van der Waals surface area contributed by atoms with Crippen LogP contribution in [0.3, 0.4) is 0 Å². The van der Waals surface area contributed by atoms with Crippen LogP contribution in [-0.4, -0.2) is 20.9 Å². The Morgan fingerprint density at radius 3 is 2.25 bits per heavy atom. The van der Waals surface area contributed by atoms with Crippen LogP contribution in [0.25, 0.3) is 0 Å². The Morgan fingerprint density at radius 2 is 1.71 bits per heavy atom. The Kier molecular flexibility index (Phi) is 5.81. The Morgan fingerprint density at radius 1 is 1.08 bits per heavy atom. The van der Waals surface area contributed by atoms with E-state index in [1.54, 1.807) is 36.4 Å². The van der Waals surface area contributed by atoms with Crippen molar-refractivity contribution < 1.29 is 17.9 Å². The predicted molar refractivity (Wildman–Crippen MR) is 92.4 cm³/mol. The molecule has 2 aromatic rings. The lowest BCUT2D eigenvalue weighted by Crippen LogP contribution is -2.14. The molecule has 128 valence electrons. The van der Waals surface area contributed by atoms with Gasteiger partial charge in [0.2, 0.25) is 5.91 Å². The van der Waals surface area contributed by atoms with Crippen molar-refractivity contribution in [2.75, 3.05) is 11.3 Å². The quantitative estimate of drug-likeness (QED) is 0.765. The summed E-state index contributed by atoms with van der Waals surface area (Å²) in [7, 11) is -3.68. The summed E-state index contributed by atoms with van der Waals surface area (Å²) < 4.78 is 32.7. The molecule has 3 N–H and O–H groups in total. The van der Waals surface area contributed by atoms with Gasteiger partial charge in [-0.25, -0.2) is 8.42 Å². The number of carbonyl (C=O) groups is 1. The second-order valence-corrected chi connectivity index (χ2v) is 6.95. The average molecular weight is 348 g/mol. The van der Waals surface area contributed by atoms with Crippen LogP contribution in [0, 0.1) is 0 Å². The highest BCUT2D eigenvalue weighted by atomic mass is 32.2. The lowest BCUT2D eigenvalue weighted by Gasteiger charge is -2.10. The number of hydrogen-bond acceptors (Lipinski definition) is 4. The molecule has 0 unspecified atom stereocenters. The zero-order chi connectivity index (χ0) is 17.6. The van der Waals surface area contributed by atoms with E-state index in [4.69, 9.17) is 10.5 Å². The molecule has 0 aliphatic heterocycles. The minimum absolute atomic E-state index is 0.117. The second-order valence-electron chi connectivity index (χ2n) is 5.27. The molecular formula is C17H20N2O4S. The number of hydrogen-bond donors (Lipinski definition) is 2. The van der Waals surface area contributed by atoms with Gasteiger partial charge in [0, 0.05) is 5.69 Å². The number of sulfonamides is 1. The molecule has 24 heavy (non-hydrogen) atoms. The van der Waals surface area contributed by atoms with E-state index in [0.29, 0.717) is 18.0 Å². The monoisotopic (exact) mass is 348 g/mol. The van der Waals surface area contributed by atoms with Gasteiger partial charge in [-0.3, -0.25) is 9.52 Å². The molecule has 2 rings (SSSR count). The maximum absolute atomic E-state index is 12.4. The molecule has 6 nitrogen and oxygen atoms in total. The molecule has 0 atom stereocenters. The Balaban J connectivity index is 2.08. The fraction of sp³-hybridized carbons (Fsp3) is 0.235. The lowest BCUT2D eigenvalue weighted by atomic mass is 10.1. The molecule has 0 aliphatic rings. The first-order valence-electron chi connectivity index (χ1n) is 7.53. The fourth-order valence-electron chi connectivity index (χ4n) is 2.04. The van der Waals surface area contributed by atoms with Crippen LogP contribution in [0.15, 0.2) is 53.4 Å². The summed E-state index contributed by atoms with van der Waals surface area (Å²) in [5, 5.41) is 0. The second kappa shape index (κ2) is 7.83. The van der Waals surface area contributed by atoms with Crippen LogP contribution in [0.4, 0.5) is 5.69 Å². The van der Waals surface area contributed by atoms with E-state index in [2.05, 4.69) is 4.72 Å². The minimum Gasteiger partial charge on any atom is -0.494 e. The molecule has 0 heterocycles. The third-order valence-corrected chi connectivity index (χ3v) is 4.59. The Labute approximate surface area is 141 Å². The minimum atomic E-state index is -3.68. The molecule has 2 aromatic carbocycles. The standard InChI is InChI=1S/C17H20N2O4S/c1-2-11-23-15-7-9-16(10-8-15)24(21,22)19-14-5-3-13(4-6-14)12-17(18)20/h3-10,19H,2,11-12H2,1H3,(H2,18,20). The number of carbonyl (C=O) groups excluding carboxylic acids is 1. The largest absolute Gasteiger partial charge is 0.494 e. The van der Waals surface area contributed by atoms with E-state index >= 15 is 0 Å². The summed E-state index contributed by atoms with van der Waals surface area (Å²) in [6, 6.07) is 12.7. The van der Waals surface area contributed by atoms with E-state index in [0.717, 1.165) is 12.0 Å². The average Bonchev–Trinajstić information content (AvgIpc) is 2.54. The van der Waals surface area contributed by atoms with E-state index in [-0.39, 0.29) is 11.3 Å². The number of amides is 1. The van der Waals surface area contributed by atoms with Crippen molar-refractivity contribution in [3.63, 3.8) is 0 Å². The summed E-state index contributed by atoms with van der Waals surface area (Å²) in [5.41, 5.74) is 6.26. The number of benzene rings is 2. The van der Waals surface area contributed by atoms with Gasteiger partial charge in [0.25, 0.3) is 10.0 Å². The first kappa shape index (κ1) is 17.8. The van der Waals surface area contributed by atoms with E-state index in [9.17, 15) is 13.2 Å². The van der Waals surface area contributed by atoms with Crippen molar-refractivity contribution in [2.24, 2.45) is 5.73 Å². The van der Waals surface area contributed by atoms with Crippen molar-refractivity contribution in [3.8, 4) is 5.75 Å². The molecule has 0 spiro atoms. The number of nitrogens with two attached hydrogens (primary N) is 1. The molecule has 7 heteroatoms. The van der Waals surface area contributed by atoms with Crippen LogP contribution >= 0.6 is 0 Å². The number of rotatable bonds is 8. The predicted octanol–water partition coefficient (Wildman–Crippen LogP) is 2.30. The topological polar surface area (TPSA) is 98.5 Å². The highest BCUT2D eigenvalue weighted by Crippen LogP contribution is 2.20. The van der Waals surface area contributed by atoms with Gasteiger partial charge >= 0.3 is 0 Å². The zero-order valence-electron chi connectivity index (χ0n) is 13.4. The molecule has 0 saturated carbocycles. The first-order valence-corrected chi connectivity index (χ1v) is 9.02. The zero-order valence-corrected chi connectivity index (χ0v) is 14.2. The number of nitrogens with one attached hydrogen (secondary N) is 1. The van der Waals surface area contributed by atoms with Gasteiger partial charge in [0.05, 0.1) is 17.9 Å². The maximum Gasteiger partial charge on any atom is 0.261 e. The molecule has 0 radical (unpaired) electrons. The van der Waals surface area contributed by atoms with Crippen LogP contribution in [0.5, 0.6) is 5.75 Å². The molecule has 1 amide bonds. The SMILES string of the molecule is CCCOc1ccc(S(=O)(=O)Nc2ccc(CC(N)=O)cc2)cc1. The van der Waals surface area contributed by atoms with Gasteiger partial charge < -0.3 is 10.5 Å². The van der Waals surface area contributed by atoms with Crippen molar-refractivity contribution in [1.29, 1.82) is 0 Å². The summed E-state index contributed by atoms with van der Waals surface area (Å²) in [4.78, 5) is 11.0. The van der Waals surface area contributed by atoms with E-state index < -0.39 is 15.9 Å². The highest BCUT2D eigenvalue weighted by molar-refractivity contribution is 7.92. The van der Waals surface area contributed by atoms with Gasteiger partial charge in [0.1, 0.15) is 5.75 Å². The van der Waals surface area contributed by atoms with Crippen molar-refractivity contribution in [2.45, 2.75) is 24.7 Å². The summed E-state index contributed by atoms with van der Waals surface area (Å²) >= 11 is 0. The lowest BCUT2D eigenvalue weighted by molar-refractivity contribution is -0.117. The molecule has 0 saturated heterocycles. The van der Waals surface area contributed by atoms with Gasteiger partial charge in [-0.15, -0.1) is 0 Å². The Hall–Kier alpha value is -2.54. The maximum atomic E-state index is 12.4. The van der Waals surface area contributed by atoms with Crippen LogP contribution in [0.1, 0.15) is 18.9 Å². The molecule has 0 aliphatic carbocycles. The normalized spacial score (nSPS) is 11.0. The third kappa shape index (κ3) is 4.99. The number of primary amides is 1. The van der Waals surface area contributed by atoms with Crippen LogP contribution in [-0.2, 0) is 21.2 Å². The van der Waals surface area contributed by atoms with E-state index in [1.807, 2.05) is 6.92 Å². The highest BCUT2D eigenvalue weighted by Gasteiger charge is 2.14. The fourth-order valence-corrected chi connectivity index (χ4v) is 3.10. The molecule has 0 bridgehead atoms. The Bertz CT molecular complexity index is 784. The van der Waals surface area contributed by atoms with Gasteiger partial charge in [-0.1, -0.05) is 19.1 Å².